The molecule has 1 heterocycles. The van der Waals surface area contributed by atoms with Gasteiger partial charge < -0.3 is 4.74 Å². The van der Waals surface area contributed by atoms with Gasteiger partial charge >= 0.3 is 0 Å². The maximum atomic E-state index is 5.51. The van der Waals surface area contributed by atoms with Crippen molar-refractivity contribution < 1.29 is 4.74 Å². The van der Waals surface area contributed by atoms with Crippen LogP contribution in [-0.2, 0) is 11.2 Å². The summed E-state index contributed by atoms with van der Waals surface area (Å²) in [5.74, 6) is 5.51. The minimum atomic E-state index is 0.263. The van der Waals surface area contributed by atoms with Crippen molar-refractivity contribution in [1.29, 1.82) is 0 Å². The zero-order valence-electron chi connectivity index (χ0n) is 9.86. The summed E-state index contributed by atoms with van der Waals surface area (Å²) in [4.78, 5) is 3.99. The molecule has 0 bridgehead atoms. The Balaban J connectivity index is 2.26. The molecule has 3 N–H and O–H groups in total. The Morgan fingerprint density at radius 1 is 1.38 bits per heavy atom. The van der Waals surface area contributed by atoms with Crippen molar-refractivity contribution in [3.8, 4) is 0 Å². The zero-order chi connectivity index (χ0) is 11.6. The lowest BCUT2D eigenvalue weighted by atomic mass is 10.1. The average molecular weight is 223 g/mol. The van der Waals surface area contributed by atoms with Crippen molar-refractivity contribution >= 4 is 0 Å². The van der Waals surface area contributed by atoms with Gasteiger partial charge in [-0.25, -0.2) is 0 Å². The number of aromatic nitrogens is 1. The Bertz CT molecular complexity index is 266. The topological polar surface area (TPSA) is 60.2 Å². The normalized spacial score (nSPS) is 12.6. The molecule has 0 fully saturated rings. The van der Waals surface area contributed by atoms with Gasteiger partial charge in [0.15, 0.2) is 0 Å². The van der Waals surface area contributed by atoms with E-state index in [4.69, 9.17) is 10.6 Å². The van der Waals surface area contributed by atoms with E-state index in [1.165, 1.54) is 5.56 Å². The summed E-state index contributed by atoms with van der Waals surface area (Å²) in [5, 5.41) is 0. The number of hydrogen-bond donors (Lipinski definition) is 2. The van der Waals surface area contributed by atoms with Crippen LogP contribution in [0.2, 0.25) is 0 Å². The Hall–Kier alpha value is -0.970. The molecule has 0 saturated carbocycles. The Morgan fingerprint density at radius 2 is 2.12 bits per heavy atom. The van der Waals surface area contributed by atoms with Crippen molar-refractivity contribution in [2.45, 2.75) is 32.2 Å². The molecule has 4 nitrogen and oxygen atoms in total. The van der Waals surface area contributed by atoms with Gasteiger partial charge in [0.2, 0.25) is 0 Å². The number of ether oxygens (including phenoxy) is 1. The summed E-state index contributed by atoms with van der Waals surface area (Å²) < 4.78 is 5.44. The molecule has 0 amide bonds. The summed E-state index contributed by atoms with van der Waals surface area (Å²) in [5.41, 5.74) is 4.07. The third-order valence-corrected chi connectivity index (χ3v) is 2.43. The van der Waals surface area contributed by atoms with Crippen molar-refractivity contribution in [2.75, 3.05) is 13.2 Å². The molecule has 1 unspecified atom stereocenters. The second kappa shape index (κ2) is 8.21. The first kappa shape index (κ1) is 13.1. The van der Waals surface area contributed by atoms with Crippen LogP contribution in [0.4, 0.5) is 0 Å². The van der Waals surface area contributed by atoms with E-state index in [-0.39, 0.29) is 6.04 Å². The van der Waals surface area contributed by atoms with Gasteiger partial charge in [0.25, 0.3) is 0 Å². The summed E-state index contributed by atoms with van der Waals surface area (Å²) in [7, 11) is 0. The largest absolute Gasteiger partial charge is 0.381 e. The molecule has 0 aromatic carbocycles. The lowest BCUT2D eigenvalue weighted by molar-refractivity contribution is 0.124. The van der Waals surface area contributed by atoms with E-state index in [2.05, 4.69) is 17.3 Å². The molecule has 1 aromatic heterocycles. The Labute approximate surface area is 97.2 Å². The second-order valence-electron chi connectivity index (χ2n) is 3.82. The van der Waals surface area contributed by atoms with Crippen molar-refractivity contribution in [3.63, 3.8) is 0 Å². The van der Waals surface area contributed by atoms with Gasteiger partial charge in [-0.15, -0.1) is 0 Å². The van der Waals surface area contributed by atoms with Crippen molar-refractivity contribution in [3.05, 3.63) is 30.1 Å². The van der Waals surface area contributed by atoms with Gasteiger partial charge in [-0.3, -0.25) is 16.3 Å². The molecule has 0 saturated heterocycles. The first-order chi connectivity index (χ1) is 7.86. The van der Waals surface area contributed by atoms with E-state index in [1.54, 1.807) is 12.4 Å². The third-order valence-electron chi connectivity index (χ3n) is 2.43. The molecule has 0 aliphatic heterocycles. The summed E-state index contributed by atoms with van der Waals surface area (Å²) >= 11 is 0. The molecule has 1 rings (SSSR count). The molecule has 0 spiro atoms. The number of rotatable bonds is 8. The molecule has 1 aromatic rings. The van der Waals surface area contributed by atoms with Crippen LogP contribution in [0.15, 0.2) is 24.5 Å². The van der Waals surface area contributed by atoms with Crippen LogP contribution in [0.25, 0.3) is 0 Å². The number of nitrogens with zero attached hydrogens (tertiary/aromatic N) is 1. The molecule has 1 atom stereocenters. The monoisotopic (exact) mass is 223 g/mol. The highest BCUT2D eigenvalue weighted by molar-refractivity contribution is 5.11. The first-order valence-electron chi connectivity index (χ1n) is 5.79. The van der Waals surface area contributed by atoms with Gasteiger partial charge in [0.1, 0.15) is 0 Å². The van der Waals surface area contributed by atoms with Crippen molar-refractivity contribution in [1.82, 2.24) is 10.4 Å². The van der Waals surface area contributed by atoms with Crippen LogP contribution in [-0.4, -0.2) is 24.2 Å². The van der Waals surface area contributed by atoms with E-state index in [1.807, 2.05) is 12.1 Å². The maximum absolute atomic E-state index is 5.51. The fourth-order valence-corrected chi connectivity index (χ4v) is 1.52. The predicted octanol–water partition coefficient (Wildman–Crippen LogP) is 1.27. The average Bonchev–Trinajstić information content (AvgIpc) is 2.34. The fourth-order valence-electron chi connectivity index (χ4n) is 1.52. The SMILES string of the molecule is CCCOCCC(Cc1ccncc1)NN. The minimum absolute atomic E-state index is 0.263. The number of nitrogens with two attached hydrogens (primary N) is 1. The number of nitrogens with one attached hydrogen (secondary N) is 1. The van der Waals surface area contributed by atoms with Crippen LogP contribution in [0, 0.1) is 0 Å². The lowest BCUT2D eigenvalue weighted by Crippen LogP contribution is -2.37. The first-order valence-corrected chi connectivity index (χ1v) is 5.79. The van der Waals surface area contributed by atoms with Gasteiger partial charge in [0.05, 0.1) is 0 Å². The number of hydrazine groups is 1. The van der Waals surface area contributed by atoms with E-state index in [0.717, 1.165) is 32.5 Å². The van der Waals surface area contributed by atoms with E-state index >= 15 is 0 Å². The second-order valence-corrected chi connectivity index (χ2v) is 3.82. The van der Waals surface area contributed by atoms with Crippen LogP contribution in [0.5, 0.6) is 0 Å². The standard InChI is InChI=1S/C12H21N3O/c1-2-8-16-9-5-12(15-13)10-11-3-6-14-7-4-11/h3-4,6-7,12,15H,2,5,8-10,13H2,1H3. The van der Waals surface area contributed by atoms with Crippen LogP contribution >= 0.6 is 0 Å². The van der Waals surface area contributed by atoms with Crippen LogP contribution < -0.4 is 11.3 Å². The summed E-state index contributed by atoms with van der Waals surface area (Å²) in [6.07, 6.45) is 6.51. The summed E-state index contributed by atoms with van der Waals surface area (Å²) in [6.45, 7) is 3.69. The smallest absolute Gasteiger partial charge is 0.0481 e. The Morgan fingerprint density at radius 3 is 2.75 bits per heavy atom. The third kappa shape index (κ3) is 5.21. The van der Waals surface area contributed by atoms with E-state index in [0.29, 0.717) is 0 Å². The fraction of sp³-hybridized carbons (Fsp3) is 0.583. The Kier molecular flexibility index (Phi) is 6.72. The molecule has 90 valence electrons. The predicted molar refractivity (Wildman–Crippen MR) is 64.8 cm³/mol. The van der Waals surface area contributed by atoms with Crippen molar-refractivity contribution in [2.24, 2.45) is 5.84 Å². The molecule has 16 heavy (non-hydrogen) atoms. The molecule has 0 aliphatic rings. The highest BCUT2D eigenvalue weighted by Crippen LogP contribution is 2.04. The minimum Gasteiger partial charge on any atom is -0.381 e. The van der Waals surface area contributed by atoms with Gasteiger partial charge in [-0.05, 0) is 37.0 Å². The van der Waals surface area contributed by atoms with Crippen LogP contribution in [0.1, 0.15) is 25.3 Å². The van der Waals surface area contributed by atoms with E-state index in [9.17, 15) is 0 Å². The molecule has 4 heteroatoms. The van der Waals surface area contributed by atoms with Crippen LogP contribution in [0.3, 0.4) is 0 Å². The molecule has 0 radical (unpaired) electrons. The van der Waals surface area contributed by atoms with Gasteiger partial charge in [0, 0.05) is 31.6 Å². The highest BCUT2D eigenvalue weighted by Gasteiger charge is 2.07. The number of hydrogen-bond acceptors (Lipinski definition) is 4. The molecule has 0 aliphatic carbocycles. The zero-order valence-corrected chi connectivity index (χ0v) is 9.86. The maximum Gasteiger partial charge on any atom is 0.0481 e. The summed E-state index contributed by atoms with van der Waals surface area (Å²) in [6, 6.07) is 4.29. The van der Waals surface area contributed by atoms with Gasteiger partial charge in [-0.1, -0.05) is 6.92 Å². The molecular weight excluding hydrogens is 202 g/mol. The molecular formula is C12H21N3O. The van der Waals surface area contributed by atoms with Gasteiger partial charge in [-0.2, -0.15) is 0 Å². The highest BCUT2D eigenvalue weighted by atomic mass is 16.5. The number of pyridine rings is 1. The van der Waals surface area contributed by atoms with E-state index < -0.39 is 0 Å². The lowest BCUT2D eigenvalue weighted by Gasteiger charge is -2.15. The quantitative estimate of drug-likeness (QED) is 0.396.